The fourth-order valence-electron chi connectivity index (χ4n) is 1.96. The van der Waals surface area contributed by atoms with Crippen LogP contribution in [-0.4, -0.2) is 35.3 Å². The molecule has 0 amide bonds. The summed E-state index contributed by atoms with van der Waals surface area (Å²) in [6.45, 7) is 0. The Kier molecular flexibility index (Phi) is 3.49. The van der Waals surface area contributed by atoms with Gasteiger partial charge >= 0.3 is 0 Å². The van der Waals surface area contributed by atoms with Crippen molar-refractivity contribution >= 4 is 12.2 Å². The highest BCUT2D eigenvalue weighted by Crippen LogP contribution is 2.25. The maximum atomic E-state index is 4.41. The molecule has 0 saturated heterocycles. The van der Waals surface area contributed by atoms with Gasteiger partial charge in [0.05, 0.1) is 6.34 Å². The van der Waals surface area contributed by atoms with E-state index >= 15 is 0 Å². The molecule has 4 nitrogen and oxygen atoms in total. The summed E-state index contributed by atoms with van der Waals surface area (Å²) in [7, 11) is 3.92. The van der Waals surface area contributed by atoms with E-state index in [0.717, 1.165) is 18.7 Å². The zero-order chi connectivity index (χ0) is 11.4. The fourth-order valence-corrected chi connectivity index (χ4v) is 1.96. The first-order valence-electron chi connectivity index (χ1n) is 5.81. The van der Waals surface area contributed by atoms with Crippen molar-refractivity contribution in [2.75, 3.05) is 14.1 Å². The van der Waals surface area contributed by atoms with Gasteiger partial charge in [0.2, 0.25) is 0 Å². The molecule has 2 rings (SSSR count). The Morgan fingerprint density at radius 1 is 1.19 bits per heavy atom. The number of aromatic nitrogens is 2. The number of aryl methyl sites for hydroxylation is 1. The van der Waals surface area contributed by atoms with Crippen molar-refractivity contribution in [2.24, 2.45) is 4.99 Å². The molecule has 86 valence electrons. The average molecular weight is 218 g/mol. The van der Waals surface area contributed by atoms with Crippen LogP contribution in [0, 0.1) is 0 Å². The van der Waals surface area contributed by atoms with Crippen LogP contribution in [-0.2, 0) is 12.8 Å². The van der Waals surface area contributed by atoms with E-state index in [1.807, 2.05) is 19.0 Å². The highest BCUT2D eigenvalue weighted by molar-refractivity contribution is 5.60. The van der Waals surface area contributed by atoms with Gasteiger partial charge in [-0.25, -0.2) is 15.0 Å². The number of rotatable bonds is 2. The van der Waals surface area contributed by atoms with Gasteiger partial charge in [-0.3, -0.25) is 0 Å². The molecule has 0 bridgehead atoms. The van der Waals surface area contributed by atoms with Crippen LogP contribution >= 0.6 is 0 Å². The number of fused-ring (bicyclic) bond motifs is 1. The van der Waals surface area contributed by atoms with Crippen LogP contribution < -0.4 is 0 Å². The number of nitrogens with zero attached hydrogens (tertiary/aromatic N) is 4. The molecule has 16 heavy (non-hydrogen) atoms. The van der Waals surface area contributed by atoms with Gasteiger partial charge in [0.25, 0.3) is 0 Å². The van der Waals surface area contributed by atoms with Crippen molar-refractivity contribution in [3.05, 3.63) is 17.6 Å². The molecule has 0 unspecified atom stereocenters. The van der Waals surface area contributed by atoms with Crippen molar-refractivity contribution < 1.29 is 0 Å². The van der Waals surface area contributed by atoms with Gasteiger partial charge < -0.3 is 4.90 Å². The molecule has 0 radical (unpaired) electrons. The van der Waals surface area contributed by atoms with Crippen LogP contribution in [0.1, 0.15) is 30.5 Å². The Labute approximate surface area is 96.4 Å². The smallest absolute Gasteiger partial charge is 0.160 e. The molecule has 1 aliphatic carbocycles. The van der Waals surface area contributed by atoms with E-state index in [2.05, 4.69) is 15.0 Å². The van der Waals surface area contributed by atoms with E-state index in [1.54, 1.807) is 12.7 Å². The standard InChI is InChI=1S/C12H18N4/c1-16(2)9-15-12-10-6-4-3-5-7-11(10)13-8-14-12/h8-9H,3-7H2,1-2H3. The third-order valence-electron chi connectivity index (χ3n) is 2.76. The molecule has 0 N–H and O–H groups in total. The zero-order valence-corrected chi connectivity index (χ0v) is 9.98. The molecular weight excluding hydrogens is 200 g/mol. The lowest BCUT2D eigenvalue weighted by Gasteiger charge is -2.07. The van der Waals surface area contributed by atoms with Crippen LogP contribution in [0.4, 0.5) is 5.82 Å². The quantitative estimate of drug-likeness (QED) is 0.433. The van der Waals surface area contributed by atoms with Gasteiger partial charge in [-0.15, -0.1) is 0 Å². The van der Waals surface area contributed by atoms with Crippen molar-refractivity contribution in [3.8, 4) is 0 Å². The summed E-state index contributed by atoms with van der Waals surface area (Å²) in [6.07, 6.45) is 9.32. The van der Waals surface area contributed by atoms with Gasteiger partial charge in [0.15, 0.2) is 5.82 Å². The van der Waals surface area contributed by atoms with Crippen molar-refractivity contribution in [1.82, 2.24) is 14.9 Å². The zero-order valence-electron chi connectivity index (χ0n) is 9.98. The molecule has 1 aliphatic rings. The minimum atomic E-state index is 0.848. The summed E-state index contributed by atoms with van der Waals surface area (Å²) >= 11 is 0. The lowest BCUT2D eigenvalue weighted by atomic mass is 10.1. The SMILES string of the molecule is CN(C)C=Nc1ncnc2c1CCCCC2. The van der Waals surface area contributed by atoms with E-state index in [-0.39, 0.29) is 0 Å². The molecule has 1 aromatic rings. The van der Waals surface area contributed by atoms with Gasteiger partial charge in [-0.1, -0.05) is 6.42 Å². The van der Waals surface area contributed by atoms with E-state index in [9.17, 15) is 0 Å². The average Bonchev–Trinajstić information content (AvgIpc) is 2.51. The maximum Gasteiger partial charge on any atom is 0.160 e. The van der Waals surface area contributed by atoms with Gasteiger partial charge in [-0.2, -0.15) is 0 Å². The Bertz CT molecular complexity index is 385. The number of hydrogen-bond donors (Lipinski definition) is 0. The van der Waals surface area contributed by atoms with Crippen LogP contribution in [0.5, 0.6) is 0 Å². The molecule has 1 heterocycles. The predicted octanol–water partition coefficient (Wildman–Crippen LogP) is 1.97. The summed E-state index contributed by atoms with van der Waals surface area (Å²) in [5.41, 5.74) is 2.44. The number of hydrogen-bond acceptors (Lipinski definition) is 3. The molecule has 0 saturated carbocycles. The van der Waals surface area contributed by atoms with Crippen LogP contribution in [0.3, 0.4) is 0 Å². The molecule has 4 heteroatoms. The molecule has 0 atom stereocenters. The monoisotopic (exact) mass is 218 g/mol. The van der Waals surface area contributed by atoms with Crippen LogP contribution in [0.2, 0.25) is 0 Å². The van der Waals surface area contributed by atoms with E-state index in [4.69, 9.17) is 0 Å². The molecule has 1 aromatic heterocycles. The van der Waals surface area contributed by atoms with E-state index in [1.165, 1.54) is 30.5 Å². The fraction of sp³-hybridized carbons (Fsp3) is 0.583. The molecule has 0 fully saturated rings. The first-order valence-corrected chi connectivity index (χ1v) is 5.81. The largest absolute Gasteiger partial charge is 0.369 e. The normalized spacial score (nSPS) is 15.9. The predicted molar refractivity (Wildman–Crippen MR) is 65.1 cm³/mol. The van der Waals surface area contributed by atoms with Gasteiger partial charge in [-0.05, 0) is 25.7 Å². The van der Waals surface area contributed by atoms with Crippen molar-refractivity contribution in [3.63, 3.8) is 0 Å². The Hall–Kier alpha value is -1.45. The first-order chi connectivity index (χ1) is 7.77. The van der Waals surface area contributed by atoms with Gasteiger partial charge in [0.1, 0.15) is 6.33 Å². The second-order valence-corrected chi connectivity index (χ2v) is 4.39. The van der Waals surface area contributed by atoms with Crippen LogP contribution in [0.15, 0.2) is 11.3 Å². The highest BCUT2D eigenvalue weighted by Gasteiger charge is 2.13. The molecule has 0 aliphatic heterocycles. The minimum absolute atomic E-state index is 0.848. The van der Waals surface area contributed by atoms with E-state index < -0.39 is 0 Å². The molecule has 0 spiro atoms. The second-order valence-electron chi connectivity index (χ2n) is 4.39. The highest BCUT2D eigenvalue weighted by atomic mass is 15.1. The lowest BCUT2D eigenvalue weighted by molar-refractivity contribution is 0.642. The Balaban J connectivity index is 2.31. The first kappa shape index (κ1) is 11.0. The van der Waals surface area contributed by atoms with E-state index in [0.29, 0.717) is 0 Å². The third kappa shape index (κ3) is 2.56. The summed E-state index contributed by atoms with van der Waals surface area (Å²) in [4.78, 5) is 15.0. The summed E-state index contributed by atoms with van der Waals surface area (Å²) in [5.74, 6) is 0.848. The van der Waals surface area contributed by atoms with Crippen molar-refractivity contribution in [2.45, 2.75) is 32.1 Å². The second kappa shape index (κ2) is 5.05. The van der Waals surface area contributed by atoms with Gasteiger partial charge in [0, 0.05) is 25.4 Å². The Morgan fingerprint density at radius 3 is 2.81 bits per heavy atom. The lowest BCUT2D eigenvalue weighted by Crippen LogP contribution is -2.07. The third-order valence-corrected chi connectivity index (χ3v) is 2.76. The Morgan fingerprint density at radius 2 is 2.00 bits per heavy atom. The molecular formula is C12H18N4. The summed E-state index contributed by atoms with van der Waals surface area (Å²) < 4.78 is 0. The summed E-state index contributed by atoms with van der Waals surface area (Å²) in [6, 6.07) is 0. The number of aliphatic imine (C=N–C) groups is 1. The molecule has 0 aromatic carbocycles. The summed E-state index contributed by atoms with van der Waals surface area (Å²) in [5, 5.41) is 0. The van der Waals surface area contributed by atoms with Crippen LogP contribution in [0.25, 0.3) is 0 Å². The topological polar surface area (TPSA) is 41.4 Å². The van der Waals surface area contributed by atoms with Crippen molar-refractivity contribution in [1.29, 1.82) is 0 Å². The maximum absolute atomic E-state index is 4.41. The minimum Gasteiger partial charge on any atom is -0.369 e.